The smallest absolute Gasteiger partial charge is 0.419 e. The first kappa shape index (κ1) is 12.1. The molecule has 17 heavy (non-hydrogen) atoms. The molecule has 5 nitrogen and oxygen atoms in total. The number of hydrogen-bond acceptors (Lipinski definition) is 4. The van der Waals surface area contributed by atoms with Crippen LogP contribution in [0.4, 0.5) is 4.79 Å². The summed E-state index contributed by atoms with van der Waals surface area (Å²) in [5.74, 6) is 0. The second-order valence-corrected chi connectivity index (χ2v) is 5.34. The summed E-state index contributed by atoms with van der Waals surface area (Å²) in [6.45, 7) is 6.56. The largest absolute Gasteiger partial charge is 0.443 e. The van der Waals surface area contributed by atoms with Crippen LogP contribution in [0.2, 0.25) is 0 Å². The molecule has 1 aliphatic heterocycles. The molecule has 1 fully saturated rings. The predicted molar refractivity (Wildman–Crippen MR) is 63.8 cm³/mol. The van der Waals surface area contributed by atoms with E-state index < -0.39 is 5.60 Å². The summed E-state index contributed by atoms with van der Waals surface area (Å²) < 4.78 is 6.67. The van der Waals surface area contributed by atoms with E-state index in [1.807, 2.05) is 20.8 Å². The molecule has 1 aromatic rings. The van der Waals surface area contributed by atoms with Crippen LogP contribution in [0.5, 0.6) is 0 Å². The molecule has 1 aliphatic rings. The lowest BCUT2D eigenvalue weighted by molar-refractivity contribution is 0.0536. The molecule has 1 saturated heterocycles. The van der Waals surface area contributed by atoms with Gasteiger partial charge in [-0.2, -0.15) is 0 Å². The molecule has 5 heteroatoms. The molecule has 0 aromatic carbocycles. The van der Waals surface area contributed by atoms with Crippen molar-refractivity contribution in [2.75, 3.05) is 6.54 Å². The number of rotatable bonds is 1. The van der Waals surface area contributed by atoms with Crippen LogP contribution >= 0.6 is 0 Å². The molecule has 0 saturated carbocycles. The summed E-state index contributed by atoms with van der Waals surface area (Å²) in [4.78, 5) is 16.0. The maximum atomic E-state index is 11.8. The monoisotopic (exact) mass is 237 g/mol. The molecule has 94 valence electrons. The molecule has 2 heterocycles. The highest BCUT2D eigenvalue weighted by Crippen LogP contribution is 2.21. The van der Waals surface area contributed by atoms with Crippen LogP contribution in [0, 0.1) is 0 Å². The Morgan fingerprint density at radius 1 is 1.59 bits per heavy atom. The fourth-order valence-electron chi connectivity index (χ4n) is 1.87. The van der Waals surface area contributed by atoms with Gasteiger partial charge in [-0.15, -0.1) is 0 Å². The quantitative estimate of drug-likeness (QED) is 0.812. The van der Waals surface area contributed by atoms with Gasteiger partial charge in [-0.3, -0.25) is 0 Å². The van der Waals surface area contributed by atoms with Crippen molar-refractivity contribution < 1.29 is 9.53 Å². The summed E-state index contributed by atoms with van der Waals surface area (Å²) in [5, 5.41) is 3.35. The standard InChI is InChI=1S/C12H19N3O2/c1-12(2,3)17-11(16)15-7-10(14-8-15)9-5-4-6-13-9/h7-9,13H,4-6H2,1-3H3. The first-order valence-corrected chi connectivity index (χ1v) is 5.96. The van der Waals surface area contributed by atoms with E-state index in [0.29, 0.717) is 0 Å². The van der Waals surface area contributed by atoms with Gasteiger partial charge in [0.2, 0.25) is 0 Å². The number of carbonyl (C=O) groups excluding carboxylic acids is 1. The lowest BCUT2D eigenvalue weighted by Gasteiger charge is -2.19. The number of nitrogens with one attached hydrogen (secondary N) is 1. The second-order valence-electron chi connectivity index (χ2n) is 5.34. The molecular formula is C12H19N3O2. The van der Waals surface area contributed by atoms with E-state index in [0.717, 1.165) is 25.1 Å². The maximum absolute atomic E-state index is 11.8. The van der Waals surface area contributed by atoms with Gasteiger partial charge in [0, 0.05) is 6.20 Å². The van der Waals surface area contributed by atoms with Gasteiger partial charge >= 0.3 is 6.09 Å². The van der Waals surface area contributed by atoms with Crippen molar-refractivity contribution in [2.24, 2.45) is 0 Å². The molecule has 0 spiro atoms. The lowest BCUT2D eigenvalue weighted by Crippen LogP contribution is -2.26. The molecule has 0 amide bonds. The minimum absolute atomic E-state index is 0.277. The Bertz CT molecular complexity index is 400. The van der Waals surface area contributed by atoms with E-state index in [1.165, 1.54) is 10.9 Å². The van der Waals surface area contributed by atoms with Crippen LogP contribution in [0.25, 0.3) is 0 Å². The van der Waals surface area contributed by atoms with Crippen LogP contribution < -0.4 is 5.32 Å². The van der Waals surface area contributed by atoms with Crippen LogP contribution in [0.3, 0.4) is 0 Å². The number of nitrogens with zero attached hydrogens (tertiary/aromatic N) is 2. The molecule has 2 rings (SSSR count). The molecular weight excluding hydrogens is 218 g/mol. The van der Waals surface area contributed by atoms with Gasteiger partial charge in [-0.25, -0.2) is 14.3 Å². The average Bonchev–Trinajstić information content (AvgIpc) is 2.86. The Morgan fingerprint density at radius 3 is 2.94 bits per heavy atom. The Balaban J connectivity index is 2.04. The van der Waals surface area contributed by atoms with Crippen molar-refractivity contribution in [2.45, 2.75) is 45.3 Å². The predicted octanol–water partition coefficient (Wildman–Crippen LogP) is 2.09. The van der Waals surface area contributed by atoms with Gasteiger partial charge in [0.15, 0.2) is 0 Å². The van der Waals surface area contributed by atoms with Crippen LogP contribution in [0.1, 0.15) is 45.3 Å². The minimum Gasteiger partial charge on any atom is -0.443 e. The molecule has 1 aromatic heterocycles. The van der Waals surface area contributed by atoms with Gasteiger partial charge in [-0.05, 0) is 40.2 Å². The third-order valence-corrected chi connectivity index (χ3v) is 2.62. The van der Waals surface area contributed by atoms with Crippen molar-refractivity contribution in [3.8, 4) is 0 Å². The normalized spacial score (nSPS) is 20.5. The summed E-state index contributed by atoms with van der Waals surface area (Å²) in [6, 6.07) is 0.277. The maximum Gasteiger partial charge on any atom is 0.419 e. The highest BCUT2D eigenvalue weighted by molar-refractivity contribution is 5.70. The third-order valence-electron chi connectivity index (χ3n) is 2.62. The summed E-state index contributed by atoms with van der Waals surface area (Å²) in [7, 11) is 0. The topological polar surface area (TPSA) is 56.2 Å². The fraction of sp³-hybridized carbons (Fsp3) is 0.667. The first-order chi connectivity index (χ1) is 7.96. The zero-order chi connectivity index (χ0) is 12.5. The molecule has 1 unspecified atom stereocenters. The lowest BCUT2D eigenvalue weighted by atomic mass is 10.2. The second kappa shape index (κ2) is 4.49. The van der Waals surface area contributed by atoms with E-state index in [9.17, 15) is 4.79 Å². The van der Waals surface area contributed by atoms with Crippen molar-refractivity contribution >= 4 is 6.09 Å². The fourth-order valence-corrected chi connectivity index (χ4v) is 1.87. The van der Waals surface area contributed by atoms with Crippen LogP contribution in [-0.2, 0) is 4.74 Å². The number of ether oxygens (including phenoxy) is 1. The van der Waals surface area contributed by atoms with E-state index in [-0.39, 0.29) is 12.1 Å². The Kier molecular flexibility index (Phi) is 3.19. The third kappa shape index (κ3) is 3.06. The number of imidazole rings is 1. The van der Waals surface area contributed by atoms with Crippen molar-refractivity contribution in [1.29, 1.82) is 0 Å². The van der Waals surface area contributed by atoms with E-state index in [2.05, 4.69) is 10.3 Å². The molecule has 0 bridgehead atoms. The van der Waals surface area contributed by atoms with Gasteiger partial charge in [0.05, 0.1) is 11.7 Å². The first-order valence-electron chi connectivity index (χ1n) is 5.96. The summed E-state index contributed by atoms with van der Waals surface area (Å²) in [5.41, 5.74) is 0.431. The summed E-state index contributed by atoms with van der Waals surface area (Å²) >= 11 is 0. The van der Waals surface area contributed by atoms with Gasteiger partial charge in [-0.1, -0.05) is 0 Å². The molecule has 0 radical (unpaired) electrons. The van der Waals surface area contributed by atoms with Crippen molar-refractivity contribution in [3.63, 3.8) is 0 Å². The van der Waals surface area contributed by atoms with Crippen LogP contribution in [-0.4, -0.2) is 27.8 Å². The molecule has 1 atom stereocenters. The Labute approximate surface area is 101 Å². The van der Waals surface area contributed by atoms with E-state index in [1.54, 1.807) is 6.20 Å². The van der Waals surface area contributed by atoms with Gasteiger partial charge < -0.3 is 10.1 Å². The zero-order valence-corrected chi connectivity index (χ0v) is 10.6. The number of carbonyl (C=O) groups is 1. The molecule has 0 aliphatic carbocycles. The van der Waals surface area contributed by atoms with Crippen LogP contribution in [0.15, 0.2) is 12.5 Å². The SMILES string of the molecule is CC(C)(C)OC(=O)n1cnc(C2CCCN2)c1. The zero-order valence-electron chi connectivity index (χ0n) is 10.6. The highest BCUT2D eigenvalue weighted by Gasteiger charge is 2.21. The average molecular weight is 237 g/mol. The molecule has 1 N–H and O–H groups in total. The Hall–Kier alpha value is -1.36. The van der Waals surface area contributed by atoms with Crippen molar-refractivity contribution in [1.82, 2.24) is 14.9 Å². The van der Waals surface area contributed by atoms with Crippen molar-refractivity contribution in [3.05, 3.63) is 18.2 Å². The number of hydrogen-bond donors (Lipinski definition) is 1. The number of aromatic nitrogens is 2. The summed E-state index contributed by atoms with van der Waals surface area (Å²) in [6.07, 6.45) is 5.12. The van der Waals surface area contributed by atoms with E-state index in [4.69, 9.17) is 4.74 Å². The van der Waals surface area contributed by atoms with Gasteiger partial charge in [0.1, 0.15) is 11.9 Å². The van der Waals surface area contributed by atoms with Gasteiger partial charge in [0.25, 0.3) is 0 Å². The Morgan fingerprint density at radius 2 is 2.35 bits per heavy atom. The minimum atomic E-state index is -0.479. The highest BCUT2D eigenvalue weighted by atomic mass is 16.6. The van der Waals surface area contributed by atoms with E-state index >= 15 is 0 Å².